The summed E-state index contributed by atoms with van der Waals surface area (Å²) >= 11 is 0. The maximum absolute atomic E-state index is 11.7. The van der Waals surface area contributed by atoms with Gasteiger partial charge in [0.15, 0.2) is 11.2 Å². The predicted molar refractivity (Wildman–Crippen MR) is 57.0 cm³/mol. The minimum absolute atomic E-state index is 0. The van der Waals surface area contributed by atoms with Gasteiger partial charge in [-0.1, -0.05) is 0 Å². The summed E-state index contributed by atoms with van der Waals surface area (Å²) in [6, 6.07) is 0. The van der Waals surface area contributed by atoms with Gasteiger partial charge in [0, 0.05) is 38.2 Å². The van der Waals surface area contributed by atoms with Crippen LogP contribution in [0, 0.1) is 0 Å². The molecule has 6 nitrogen and oxygen atoms in total. The van der Waals surface area contributed by atoms with E-state index < -0.39 is 0 Å². The largest absolute Gasteiger partial charge is 0.332 e. The fraction of sp³-hybridized carbons (Fsp3) is 0.375. The van der Waals surface area contributed by atoms with Gasteiger partial charge in [-0.25, -0.2) is 9.78 Å². The van der Waals surface area contributed by atoms with Crippen LogP contribution in [0.2, 0.25) is 0 Å². The molecular formula is C8H10N4O2Se. The Balaban J connectivity index is 0.00000112. The van der Waals surface area contributed by atoms with Crippen LogP contribution in [0.5, 0.6) is 0 Å². The predicted octanol–water partition coefficient (Wildman–Crippen LogP) is -1.41. The Morgan fingerprint density at radius 2 is 1.73 bits per heavy atom. The van der Waals surface area contributed by atoms with Gasteiger partial charge in [0.1, 0.15) is 0 Å². The molecule has 2 radical (unpaired) electrons. The molecule has 0 unspecified atom stereocenters. The van der Waals surface area contributed by atoms with Crippen LogP contribution in [0.1, 0.15) is 0 Å². The minimum Gasteiger partial charge on any atom is -0.328 e. The van der Waals surface area contributed by atoms with E-state index in [2.05, 4.69) is 4.98 Å². The van der Waals surface area contributed by atoms with E-state index in [-0.39, 0.29) is 28.3 Å². The third-order valence-corrected chi connectivity index (χ3v) is 2.32. The van der Waals surface area contributed by atoms with Crippen molar-refractivity contribution in [2.24, 2.45) is 21.1 Å². The van der Waals surface area contributed by atoms with Crippen molar-refractivity contribution < 1.29 is 0 Å². The topological polar surface area (TPSA) is 61.8 Å². The molecule has 0 fully saturated rings. The molecule has 7 heteroatoms. The molecule has 0 N–H and O–H groups in total. The van der Waals surface area contributed by atoms with Crippen molar-refractivity contribution in [2.75, 3.05) is 0 Å². The van der Waals surface area contributed by atoms with E-state index in [1.807, 2.05) is 0 Å². The molecule has 0 atom stereocenters. The van der Waals surface area contributed by atoms with E-state index in [9.17, 15) is 9.59 Å². The van der Waals surface area contributed by atoms with Crippen LogP contribution in [0.15, 0.2) is 15.9 Å². The maximum atomic E-state index is 11.7. The molecular weight excluding hydrogens is 263 g/mol. The monoisotopic (exact) mass is 274 g/mol. The summed E-state index contributed by atoms with van der Waals surface area (Å²) < 4.78 is 4.04. The number of hydrogen-bond acceptors (Lipinski definition) is 3. The fourth-order valence-corrected chi connectivity index (χ4v) is 1.47. The quantitative estimate of drug-likeness (QED) is 0.554. The van der Waals surface area contributed by atoms with Crippen LogP contribution < -0.4 is 11.2 Å². The number of fused-ring (bicyclic) bond motifs is 1. The molecule has 2 aromatic rings. The molecule has 0 bridgehead atoms. The van der Waals surface area contributed by atoms with E-state index in [4.69, 9.17) is 0 Å². The van der Waals surface area contributed by atoms with Crippen molar-refractivity contribution >= 4 is 28.2 Å². The van der Waals surface area contributed by atoms with Crippen LogP contribution in [-0.4, -0.2) is 35.8 Å². The standard InChI is InChI=1S/C8H10N4O2.Se/c1-10-4-9-6-5(10)7(13)12(3)8(14)11(6)2;/h4H,1-3H3;. The first-order chi connectivity index (χ1) is 6.54. The van der Waals surface area contributed by atoms with Crippen molar-refractivity contribution in [2.45, 2.75) is 0 Å². The Hall–Kier alpha value is -1.33. The fourth-order valence-electron chi connectivity index (χ4n) is 1.47. The first-order valence-corrected chi connectivity index (χ1v) is 4.11. The minimum atomic E-state index is -0.360. The van der Waals surface area contributed by atoms with Gasteiger partial charge >= 0.3 is 5.69 Å². The molecule has 2 aromatic heterocycles. The summed E-state index contributed by atoms with van der Waals surface area (Å²) in [6.45, 7) is 0. The molecule has 0 aromatic carbocycles. The van der Waals surface area contributed by atoms with E-state index in [1.54, 1.807) is 18.7 Å². The van der Waals surface area contributed by atoms with Crippen LogP contribution in [0.3, 0.4) is 0 Å². The van der Waals surface area contributed by atoms with Gasteiger partial charge in [0.05, 0.1) is 6.33 Å². The second kappa shape index (κ2) is 3.67. The third-order valence-electron chi connectivity index (χ3n) is 2.32. The van der Waals surface area contributed by atoms with Crippen LogP contribution in [0.25, 0.3) is 11.2 Å². The zero-order chi connectivity index (χ0) is 10.5. The van der Waals surface area contributed by atoms with Crippen molar-refractivity contribution in [3.8, 4) is 0 Å². The van der Waals surface area contributed by atoms with Crippen molar-refractivity contribution in [3.63, 3.8) is 0 Å². The Labute approximate surface area is 95.6 Å². The SMILES string of the molecule is Cn1c(=O)c2c(ncn2C)n(C)c1=O.[Se]. The first-order valence-electron chi connectivity index (χ1n) is 4.11. The number of hydrogen-bond donors (Lipinski definition) is 0. The first kappa shape index (κ1) is 11.7. The Morgan fingerprint density at radius 1 is 1.13 bits per heavy atom. The number of aromatic nitrogens is 4. The van der Waals surface area contributed by atoms with Gasteiger partial charge in [0.25, 0.3) is 5.56 Å². The van der Waals surface area contributed by atoms with Crippen molar-refractivity contribution in [3.05, 3.63) is 27.2 Å². The summed E-state index contributed by atoms with van der Waals surface area (Å²) in [6.07, 6.45) is 1.52. The summed E-state index contributed by atoms with van der Waals surface area (Å²) in [7, 11) is 4.77. The summed E-state index contributed by atoms with van der Waals surface area (Å²) in [4.78, 5) is 27.2. The second-order valence-electron chi connectivity index (χ2n) is 3.23. The van der Waals surface area contributed by atoms with Gasteiger partial charge in [0.2, 0.25) is 0 Å². The van der Waals surface area contributed by atoms with Gasteiger partial charge in [-0.2, -0.15) is 0 Å². The number of rotatable bonds is 0. The van der Waals surface area contributed by atoms with E-state index in [0.29, 0.717) is 11.2 Å². The Kier molecular flexibility index (Phi) is 2.88. The molecule has 0 saturated carbocycles. The molecule has 0 amide bonds. The molecule has 0 aliphatic heterocycles. The second-order valence-corrected chi connectivity index (χ2v) is 3.23. The molecule has 15 heavy (non-hydrogen) atoms. The average Bonchev–Trinajstić information content (AvgIpc) is 2.54. The van der Waals surface area contributed by atoms with Gasteiger partial charge < -0.3 is 4.57 Å². The molecule has 2 heterocycles. The zero-order valence-electron chi connectivity index (χ0n) is 8.59. The molecule has 0 spiro atoms. The van der Waals surface area contributed by atoms with Gasteiger partial charge in [-0.05, 0) is 0 Å². The van der Waals surface area contributed by atoms with Crippen molar-refractivity contribution in [1.82, 2.24) is 18.7 Å². The molecule has 0 aliphatic carbocycles. The summed E-state index contributed by atoms with van der Waals surface area (Å²) in [5.74, 6) is 0. The Morgan fingerprint density at radius 3 is 2.33 bits per heavy atom. The van der Waals surface area contributed by atoms with Gasteiger partial charge in [-0.3, -0.25) is 13.9 Å². The van der Waals surface area contributed by atoms with E-state index in [1.165, 1.54) is 17.9 Å². The molecule has 2 rings (SSSR count). The third kappa shape index (κ3) is 1.44. The average molecular weight is 273 g/mol. The molecule has 80 valence electrons. The smallest absolute Gasteiger partial charge is 0.328 e. The summed E-state index contributed by atoms with van der Waals surface area (Å²) in [5, 5.41) is 0. The zero-order valence-corrected chi connectivity index (χ0v) is 10.3. The summed E-state index contributed by atoms with van der Waals surface area (Å²) in [5.41, 5.74) is 0.180. The van der Waals surface area contributed by atoms with Crippen molar-refractivity contribution in [1.29, 1.82) is 0 Å². The van der Waals surface area contributed by atoms with E-state index in [0.717, 1.165) is 4.57 Å². The number of nitrogens with zero attached hydrogens (tertiary/aromatic N) is 4. The number of aryl methyl sites for hydroxylation is 2. The number of imidazole rings is 1. The van der Waals surface area contributed by atoms with Crippen LogP contribution in [0.4, 0.5) is 0 Å². The van der Waals surface area contributed by atoms with Crippen LogP contribution >= 0.6 is 0 Å². The molecule has 0 aliphatic rings. The molecule has 0 saturated heterocycles. The van der Waals surface area contributed by atoms with E-state index >= 15 is 0 Å². The van der Waals surface area contributed by atoms with Gasteiger partial charge in [-0.15, -0.1) is 0 Å². The Bertz CT molecular complexity index is 622. The maximum Gasteiger partial charge on any atom is 0.332 e. The van der Waals surface area contributed by atoms with Crippen LogP contribution in [-0.2, 0) is 21.1 Å². The normalized spacial score (nSPS) is 10.3.